The van der Waals surface area contributed by atoms with E-state index >= 15 is 0 Å². The topological polar surface area (TPSA) is 37.3 Å². The molecule has 0 aliphatic carbocycles. The standard InChI is InChI=1S/C18H15P.C9H9FO2/c1-4-10-16(11-5-1)19(17-12-6-2-7-13-17)18-14-8-3-9-15-18;1-2-6-3-4-7(9(11)12)5-8(6)10/h1-15H;3-5H,2H2,1H3,(H,11,12). The van der Waals surface area contributed by atoms with Crippen molar-refractivity contribution in [2.24, 2.45) is 0 Å². The smallest absolute Gasteiger partial charge is 0.335 e. The predicted octanol–water partition coefficient (Wildman–Crippen LogP) is 5.53. The average molecular weight is 430 g/mol. The third-order valence-corrected chi connectivity index (χ3v) is 7.17. The Morgan fingerprint density at radius 3 is 1.48 bits per heavy atom. The van der Waals surface area contributed by atoms with E-state index < -0.39 is 19.7 Å². The van der Waals surface area contributed by atoms with Gasteiger partial charge in [0.25, 0.3) is 0 Å². The van der Waals surface area contributed by atoms with Crippen LogP contribution in [0.25, 0.3) is 0 Å². The fourth-order valence-corrected chi connectivity index (χ4v) is 5.45. The van der Waals surface area contributed by atoms with Crippen molar-refractivity contribution in [1.82, 2.24) is 0 Å². The summed E-state index contributed by atoms with van der Waals surface area (Å²) in [6.45, 7) is 1.82. The van der Waals surface area contributed by atoms with Gasteiger partial charge in [0, 0.05) is 0 Å². The summed E-state index contributed by atoms with van der Waals surface area (Å²) in [4.78, 5) is 10.4. The monoisotopic (exact) mass is 430 g/mol. The average Bonchev–Trinajstić information content (AvgIpc) is 2.82. The van der Waals surface area contributed by atoms with Crippen molar-refractivity contribution >= 4 is 29.8 Å². The summed E-state index contributed by atoms with van der Waals surface area (Å²) in [7, 11) is -0.446. The van der Waals surface area contributed by atoms with E-state index in [2.05, 4.69) is 91.0 Å². The van der Waals surface area contributed by atoms with Gasteiger partial charge in [-0.2, -0.15) is 0 Å². The van der Waals surface area contributed by atoms with Crippen LogP contribution in [-0.2, 0) is 6.42 Å². The lowest BCUT2D eigenvalue weighted by atomic mass is 10.1. The Kier molecular flexibility index (Phi) is 8.09. The van der Waals surface area contributed by atoms with E-state index in [1.54, 1.807) is 0 Å². The van der Waals surface area contributed by atoms with Crippen LogP contribution in [0.4, 0.5) is 4.39 Å². The first-order valence-corrected chi connectivity index (χ1v) is 11.4. The summed E-state index contributed by atoms with van der Waals surface area (Å²) >= 11 is 0. The molecule has 0 saturated carbocycles. The molecule has 0 aromatic heterocycles. The number of aryl methyl sites for hydroxylation is 1. The van der Waals surface area contributed by atoms with Crippen molar-refractivity contribution in [1.29, 1.82) is 0 Å². The van der Waals surface area contributed by atoms with Crippen molar-refractivity contribution in [3.8, 4) is 0 Å². The zero-order valence-electron chi connectivity index (χ0n) is 17.3. The Morgan fingerprint density at radius 2 is 1.16 bits per heavy atom. The number of aromatic carboxylic acids is 1. The summed E-state index contributed by atoms with van der Waals surface area (Å²) in [5, 5.41) is 12.7. The Labute approximate surface area is 183 Å². The van der Waals surface area contributed by atoms with Gasteiger partial charge in [-0.25, -0.2) is 9.18 Å². The fourth-order valence-electron chi connectivity index (χ4n) is 3.15. The molecule has 0 aliphatic heterocycles. The van der Waals surface area contributed by atoms with Gasteiger partial charge in [-0.1, -0.05) is 104 Å². The molecular weight excluding hydrogens is 406 g/mol. The summed E-state index contributed by atoms with van der Waals surface area (Å²) < 4.78 is 12.9. The second-order valence-electron chi connectivity index (χ2n) is 6.81. The molecule has 4 aromatic rings. The number of carbonyl (C=O) groups is 1. The van der Waals surface area contributed by atoms with E-state index in [1.807, 2.05) is 6.92 Å². The lowest BCUT2D eigenvalue weighted by molar-refractivity contribution is 0.0696. The van der Waals surface area contributed by atoms with E-state index in [1.165, 1.54) is 28.0 Å². The van der Waals surface area contributed by atoms with E-state index in [0.717, 1.165) is 6.07 Å². The number of rotatable bonds is 5. The highest BCUT2D eigenvalue weighted by Gasteiger charge is 2.15. The van der Waals surface area contributed by atoms with Gasteiger partial charge in [-0.15, -0.1) is 0 Å². The Bertz CT molecular complexity index is 1010. The normalized spacial score (nSPS) is 10.3. The van der Waals surface area contributed by atoms with Gasteiger partial charge < -0.3 is 5.11 Å². The third-order valence-electron chi connectivity index (χ3n) is 4.72. The maximum atomic E-state index is 12.9. The lowest BCUT2D eigenvalue weighted by Crippen LogP contribution is -2.20. The Morgan fingerprint density at radius 1 is 0.742 bits per heavy atom. The van der Waals surface area contributed by atoms with Crippen LogP contribution in [0.1, 0.15) is 22.8 Å². The Balaban J connectivity index is 0.000000196. The number of carboxylic acid groups (broad SMARTS) is 1. The minimum Gasteiger partial charge on any atom is -0.478 e. The SMILES string of the molecule is CCc1ccc(C(=O)O)cc1F.c1ccc(P(c2ccccc2)c2ccccc2)cc1. The van der Waals surface area contributed by atoms with Crippen LogP contribution in [0.15, 0.2) is 109 Å². The zero-order valence-corrected chi connectivity index (χ0v) is 18.2. The molecule has 31 heavy (non-hydrogen) atoms. The van der Waals surface area contributed by atoms with E-state index in [-0.39, 0.29) is 5.56 Å². The molecule has 0 spiro atoms. The van der Waals surface area contributed by atoms with Crippen molar-refractivity contribution in [3.05, 3.63) is 126 Å². The molecule has 0 aliphatic rings. The summed E-state index contributed by atoms with van der Waals surface area (Å²) in [6.07, 6.45) is 0.575. The van der Waals surface area contributed by atoms with Crippen LogP contribution in [0.5, 0.6) is 0 Å². The molecule has 0 radical (unpaired) electrons. The van der Waals surface area contributed by atoms with Gasteiger partial charge >= 0.3 is 5.97 Å². The molecular formula is C27H24FO2P. The van der Waals surface area contributed by atoms with Crippen molar-refractivity contribution in [3.63, 3.8) is 0 Å². The van der Waals surface area contributed by atoms with Gasteiger partial charge in [-0.3, -0.25) is 0 Å². The van der Waals surface area contributed by atoms with Gasteiger partial charge in [0.2, 0.25) is 0 Å². The maximum Gasteiger partial charge on any atom is 0.335 e. The molecule has 0 heterocycles. The van der Waals surface area contributed by atoms with Crippen molar-refractivity contribution < 1.29 is 14.3 Å². The molecule has 4 rings (SSSR count). The zero-order chi connectivity index (χ0) is 22.1. The van der Waals surface area contributed by atoms with Gasteiger partial charge in [0.15, 0.2) is 0 Å². The van der Waals surface area contributed by atoms with Gasteiger partial charge in [-0.05, 0) is 48.0 Å². The molecule has 0 saturated heterocycles. The van der Waals surface area contributed by atoms with Crippen LogP contribution >= 0.6 is 7.92 Å². The Hall–Kier alpha value is -3.29. The molecule has 156 valence electrons. The molecule has 2 nitrogen and oxygen atoms in total. The summed E-state index contributed by atoms with van der Waals surface area (Å²) in [6, 6.07) is 36.3. The van der Waals surface area contributed by atoms with Crippen LogP contribution in [0, 0.1) is 5.82 Å². The second kappa shape index (κ2) is 11.2. The molecule has 0 unspecified atom stereocenters. The molecule has 0 amide bonds. The largest absolute Gasteiger partial charge is 0.478 e. The van der Waals surface area contributed by atoms with Gasteiger partial charge in [0.05, 0.1) is 5.56 Å². The highest BCUT2D eigenvalue weighted by molar-refractivity contribution is 7.79. The molecule has 0 atom stereocenters. The second-order valence-corrected chi connectivity index (χ2v) is 9.03. The maximum absolute atomic E-state index is 12.9. The number of halogens is 1. The minimum atomic E-state index is -1.10. The predicted molar refractivity (Wildman–Crippen MR) is 128 cm³/mol. The summed E-state index contributed by atoms with van der Waals surface area (Å²) in [5.74, 6) is -1.55. The van der Waals surface area contributed by atoms with E-state index in [0.29, 0.717) is 12.0 Å². The van der Waals surface area contributed by atoms with Crippen molar-refractivity contribution in [2.45, 2.75) is 13.3 Å². The first-order chi connectivity index (χ1) is 15.1. The minimum absolute atomic E-state index is 0.00954. The first kappa shape index (κ1) is 22.4. The van der Waals surface area contributed by atoms with Crippen molar-refractivity contribution in [2.75, 3.05) is 0 Å². The number of benzene rings is 4. The number of hydrogen-bond acceptors (Lipinski definition) is 1. The number of hydrogen-bond donors (Lipinski definition) is 1. The highest BCUT2D eigenvalue weighted by atomic mass is 31.1. The van der Waals surface area contributed by atoms with Crippen LogP contribution < -0.4 is 15.9 Å². The van der Waals surface area contributed by atoms with Crippen LogP contribution in [0.2, 0.25) is 0 Å². The van der Waals surface area contributed by atoms with Crippen LogP contribution in [-0.4, -0.2) is 11.1 Å². The fraction of sp³-hybridized carbons (Fsp3) is 0.0741. The molecule has 4 heteroatoms. The quantitative estimate of drug-likeness (QED) is 0.423. The van der Waals surface area contributed by atoms with Crippen LogP contribution in [0.3, 0.4) is 0 Å². The summed E-state index contributed by atoms with van der Waals surface area (Å²) in [5.41, 5.74) is 0.532. The molecule has 0 fully saturated rings. The highest BCUT2D eigenvalue weighted by Crippen LogP contribution is 2.32. The first-order valence-electron chi connectivity index (χ1n) is 10.1. The lowest BCUT2D eigenvalue weighted by Gasteiger charge is -2.18. The molecule has 0 bridgehead atoms. The number of carboxylic acids is 1. The molecule has 1 N–H and O–H groups in total. The van der Waals surface area contributed by atoms with Gasteiger partial charge in [0.1, 0.15) is 5.82 Å². The third kappa shape index (κ3) is 6.10. The van der Waals surface area contributed by atoms with E-state index in [4.69, 9.17) is 5.11 Å². The molecule has 4 aromatic carbocycles. The van der Waals surface area contributed by atoms with E-state index in [9.17, 15) is 9.18 Å².